The fraction of sp³-hybridized carbons (Fsp3) is 0.538. The SMILES string of the molecule is CC1CCC(C(N)=O)CN1Cc1cccc(N)n1. The summed E-state index contributed by atoms with van der Waals surface area (Å²) < 4.78 is 0. The van der Waals surface area contributed by atoms with E-state index in [9.17, 15) is 4.79 Å². The molecule has 1 aliphatic heterocycles. The molecule has 1 fully saturated rings. The molecule has 18 heavy (non-hydrogen) atoms. The smallest absolute Gasteiger partial charge is 0.221 e. The van der Waals surface area contributed by atoms with Crippen molar-refractivity contribution < 1.29 is 4.79 Å². The number of rotatable bonds is 3. The van der Waals surface area contributed by atoms with Crippen LogP contribution < -0.4 is 11.5 Å². The Kier molecular flexibility index (Phi) is 3.81. The first-order chi connectivity index (χ1) is 8.56. The van der Waals surface area contributed by atoms with Gasteiger partial charge in [0.2, 0.25) is 5.91 Å². The Labute approximate surface area is 107 Å². The summed E-state index contributed by atoms with van der Waals surface area (Å²) in [5.74, 6) is 0.290. The quantitative estimate of drug-likeness (QED) is 0.826. The Bertz CT molecular complexity index is 435. The first kappa shape index (κ1) is 12.8. The van der Waals surface area contributed by atoms with Gasteiger partial charge in [0.1, 0.15) is 5.82 Å². The molecule has 0 aromatic carbocycles. The van der Waals surface area contributed by atoms with Crippen molar-refractivity contribution in [2.24, 2.45) is 11.7 Å². The van der Waals surface area contributed by atoms with Gasteiger partial charge in [-0.3, -0.25) is 9.69 Å². The van der Waals surface area contributed by atoms with E-state index in [1.807, 2.05) is 12.1 Å². The molecule has 0 spiro atoms. The summed E-state index contributed by atoms with van der Waals surface area (Å²) in [4.78, 5) is 17.8. The van der Waals surface area contributed by atoms with Gasteiger partial charge in [0.15, 0.2) is 0 Å². The summed E-state index contributed by atoms with van der Waals surface area (Å²) in [5.41, 5.74) is 12.0. The van der Waals surface area contributed by atoms with E-state index < -0.39 is 0 Å². The Hall–Kier alpha value is -1.62. The van der Waals surface area contributed by atoms with E-state index in [1.165, 1.54) is 0 Å². The molecule has 0 aliphatic carbocycles. The van der Waals surface area contributed by atoms with Crippen LogP contribution in [0.25, 0.3) is 0 Å². The highest BCUT2D eigenvalue weighted by molar-refractivity contribution is 5.76. The van der Waals surface area contributed by atoms with Crippen molar-refractivity contribution in [2.75, 3.05) is 12.3 Å². The predicted molar refractivity (Wildman–Crippen MR) is 70.4 cm³/mol. The molecule has 0 saturated carbocycles. The zero-order valence-electron chi connectivity index (χ0n) is 10.7. The van der Waals surface area contributed by atoms with E-state index in [0.29, 0.717) is 18.4 Å². The van der Waals surface area contributed by atoms with E-state index in [-0.39, 0.29) is 11.8 Å². The molecule has 2 atom stereocenters. The molecular formula is C13H20N4O. The monoisotopic (exact) mass is 248 g/mol. The molecular weight excluding hydrogens is 228 g/mol. The van der Waals surface area contributed by atoms with Crippen LogP contribution in [-0.2, 0) is 11.3 Å². The lowest BCUT2D eigenvalue weighted by Crippen LogP contribution is -2.45. The van der Waals surface area contributed by atoms with Crippen LogP contribution in [0.4, 0.5) is 5.82 Å². The highest BCUT2D eigenvalue weighted by atomic mass is 16.1. The molecule has 1 saturated heterocycles. The van der Waals surface area contributed by atoms with Gasteiger partial charge in [0.05, 0.1) is 11.6 Å². The minimum Gasteiger partial charge on any atom is -0.384 e. The number of piperidine rings is 1. The van der Waals surface area contributed by atoms with Gasteiger partial charge in [-0.15, -0.1) is 0 Å². The van der Waals surface area contributed by atoms with Crippen LogP contribution in [0.2, 0.25) is 0 Å². The highest BCUT2D eigenvalue weighted by Crippen LogP contribution is 2.23. The van der Waals surface area contributed by atoms with Crippen LogP contribution >= 0.6 is 0 Å². The Morgan fingerprint density at radius 1 is 1.50 bits per heavy atom. The largest absolute Gasteiger partial charge is 0.384 e. The fourth-order valence-corrected chi connectivity index (χ4v) is 2.43. The van der Waals surface area contributed by atoms with Gasteiger partial charge in [-0.05, 0) is 31.9 Å². The third kappa shape index (κ3) is 2.98. The minimum absolute atomic E-state index is 0.0396. The first-order valence-corrected chi connectivity index (χ1v) is 6.31. The summed E-state index contributed by atoms with van der Waals surface area (Å²) in [5, 5.41) is 0. The predicted octanol–water partition coefficient (Wildman–Crippen LogP) is 0.750. The molecule has 98 valence electrons. The number of nitrogens with zero attached hydrogens (tertiary/aromatic N) is 2. The van der Waals surface area contributed by atoms with E-state index in [2.05, 4.69) is 16.8 Å². The standard InChI is InChI=1S/C13H20N4O/c1-9-5-6-10(13(15)18)7-17(9)8-11-3-2-4-12(14)16-11/h2-4,9-10H,5-8H2,1H3,(H2,14,16)(H2,15,18). The van der Waals surface area contributed by atoms with Crippen molar-refractivity contribution in [3.63, 3.8) is 0 Å². The summed E-state index contributed by atoms with van der Waals surface area (Å²) in [7, 11) is 0. The number of pyridine rings is 1. The van der Waals surface area contributed by atoms with Gasteiger partial charge >= 0.3 is 0 Å². The number of anilines is 1. The first-order valence-electron chi connectivity index (χ1n) is 6.31. The second-order valence-corrected chi connectivity index (χ2v) is 5.01. The number of carbonyl (C=O) groups excluding carboxylic acids is 1. The normalized spacial score (nSPS) is 24.9. The van der Waals surface area contributed by atoms with E-state index in [1.54, 1.807) is 6.07 Å². The van der Waals surface area contributed by atoms with Gasteiger partial charge in [-0.25, -0.2) is 4.98 Å². The lowest BCUT2D eigenvalue weighted by atomic mass is 9.93. The molecule has 4 N–H and O–H groups in total. The third-order valence-electron chi connectivity index (χ3n) is 3.61. The molecule has 1 aliphatic rings. The zero-order chi connectivity index (χ0) is 13.1. The molecule has 5 nitrogen and oxygen atoms in total. The maximum absolute atomic E-state index is 11.3. The Balaban J connectivity index is 2.04. The highest BCUT2D eigenvalue weighted by Gasteiger charge is 2.28. The number of aromatic nitrogens is 1. The maximum Gasteiger partial charge on any atom is 0.221 e. The molecule has 1 aromatic heterocycles. The van der Waals surface area contributed by atoms with Gasteiger partial charge in [0, 0.05) is 19.1 Å². The van der Waals surface area contributed by atoms with Gasteiger partial charge in [-0.1, -0.05) is 6.07 Å². The number of hydrogen-bond acceptors (Lipinski definition) is 4. The number of likely N-dealkylation sites (tertiary alicyclic amines) is 1. The average molecular weight is 248 g/mol. The van der Waals surface area contributed by atoms with Crippen LogP contribution in [0.1, 0.15) is 25.5 Å². The number of primary amides is 1. The minimum atomic E-state index is -0.201. The number of amides is 1. The van der Waals surface area contributed by atoms with Crippen molar-refractivity contribution in [3.8, 4) is 0 Å². The average Bonchev–Trinajstić information content (AvgIpc) is 2.31. The van der Waals surface area contributed by atoms with Crippen LogP contribution in [0.3, 0.4) is 0 Å². The van der Waals surface area contributed by atoms with Crippen molar-refractivity contribution >= 4 is 11.7 Å². The van der Waals surface area contributed by atoms with Gasteiger partial charge in [0.25, 0.3) is 0 Å². The second kappa shape index (κ2) is 5.35. The molecule has 0 radical (unpaired) electrons. The summed E-state index contributed by atoms with van der Waals surface area (Å²) >= 11 is 0. The van der Waals surface area contributed by atoms with Crippen molar-refractivity contribution in [3.05, 3.63) is 23.9 Å². The number of carbonyl (C=O) groups is 1. The van der Waals surface area contributed by atoms with Gasteiger partial charge in [-0.2, -0.15) is 0 Å². The second-order valence-electron chi connectivity index (χ2n) is 5.01. The molecule has 2 heterocycles. The van der Waals surface area contributed by atoms with Crippen LogP contribution in [0.15, 0.2) is 18.2 Å². The van der Waals surface area contributed by atoms with Crippen LogP contribution in [-0.4, -0.2) is 28.4 Å². The lowest BCUT2D eigenvalue weighted by molar-refractivity contribution is -0.124. The molecule has 2 rings (SSSR count). The summed E-state index contributed by atoms with van der Waals surface area (Å²) in [6.07, 6.45) is 1.88. The van der Waals surface area contributed by atoms with Crippen molar-refractivity contribution in [1.82, 2.24) is 9.88 Å². The van der Waals surface area contributed by atoms with Crippen molar-refractivity contribution in [2.45, 2.75) is 32.4 Å². The van der Waals surface area contributed by atoms with Crippen molar-refractivity contribution in [1.29, 1.82) is 0 Å². The number of nitrogens with two attached hydrogens (primary N) is 2. The topological polar surface area (TPSA) is 85.2 Å². The molecule has 5 heteroatoms. The van der Waals surface area contributed by atoms with Crippen LogP contribution in [0.5, 0.6) is 0 Å². The molecule has 2 unspecified atom stereocenters. The molecule has 0 bridgehead atoms. The summed E-state index contributed by atoms with van der Waals surface area (Å²) in [6.45, 7) is 3.60. The van der Waals surface area contributed by atoms with E-state index >= 15 is 0 Å². The Morgan fingerprint density at radius 2 is 2.28 bits per heavy atom. The summed E-state index contributed by atoms with van der Waals surface area (Å²) in [6, 6.07) is 6.08. The fourth-order valence-electron chi connectivity index (χ4n) is 2.43. The lowest BCUT2D eigenvalue weighted by Gasteiger charge is -2.36. The molecule has 1 aromatic rings. The van der Waals surface area contributed by atoms with Gasteiger partial charge < -0.3 is 11.5 Å². The molecule has 1 amide bonds. The number of nitrogen functional groups attached to an aromatic ring is 1. The Morgan fingerprint density at radius 3 is 2.94 bits per heavy atom. The zero-order valence-corrected chi connectivity index (χ0v) is 10.7. The van der Waals surface area contributed by atoms with E-state index in [0.717, 1.165) is 25.1 Å². The van der Waals surface area contributed by atoms with Crippen LogP contribution in [0, 0.1) is 5.92 Å². The third-order valence-corrected chi connectivity index (χ3v) is 3.61. The van der Waals surface area contributed by atoms with E-state index in [4.69, 9.17) is 11.5 Å². The maximum atomic E-state index is 11.3. The number of hydrogen-bond donors (Lipinski definition) is 2.